The minimum absolute atomic E-state index is 0.0279. The highest BCUT2D eigenvalue weighted by atomic mass is 33.1. The first kappa shape index (κ1) is 16.9. The van der Waals surface area contributed by atoms with Crippen LogP contribution in [0.4, 0.5) is 0 Å². The predicted molar refractivity (Wildman–Crippen MR) is 84.2 cm³/mol. The first-order chi connectivity index (χ1) is 8.77. The lowest BCUT2D eigenvalue weighted by molar-refractivity contribution is 0.303. The summed E-state index contributed by atoms with van der Waals surface area (Å²) < 4.78 is 28.9. The van der Waals surface area contributed by atoms with Gasteiger partial charge in [0.25, 0.3) is 10.1 Å². The Morgan fingerprint density at radius 1 is 1.26 bits per heavy atom. The minimum Gasteiger partial charge on any atom is -0.266 e. The maximum absolute atomic E-state index is 11.9. The highest BCUT2D eigenvalue weighted by Crippen LogP contribution is 2.31. The Labute approximate surface area is 125 Å². The van der Waals surface area contributed by atoms with Gasteiger partial charge < -0.3 is 0 Å². The van der Waals surface area contributed by atoms with E-state index in [1.165, 1.54) is 10.8 Å². The lowest BCUT2D eigenvalue weighted by Crippen LogP contribution is -2.15. The number of aryl methyl sites for hydroxylation is 1. The second-order valence-electron chi connectivity index (χ2n) is 5.04. The standard InChI is InChI=1S/C13H20O3S3/c1-11-5-7-12(8-6-11)19(14,15)16-10-4-9-13(2,3)18-17/h5-8,17H,4,9-10H2,1-3H3. The molecule has 0 atom stereocenters. The molecule has 1 aromatic rings. The third-order valence-corrected chi connectivity index (χ3v) is 6.23. The van der Waals surface area contributed by atoms with E-state index >= 15 is 0 Å². The van der Waals surface area contributed by atoms with Crippen molar-refractivity contribution in [3.63, 3.8) is 0 Å². The second-order valence-corrected chi connectivity index (χ2v) is 8.49. The van der Waals surface area contributed by atoms with E-state index in [2.05, 4.69) is 25.5 Å². The molecule has 0 aliphatic carbocycles. The molecule has 0 N–H and O–H groups in total. The summed E-state index contributed by atoms with van der Waals surface area (Å²) in [5.41, 5.74) is 1.02. The van der Waals surface area contributed by atoms with Crippen LogP contribution in [0.1, 0.15) is 32.3 Å². The van der Waals surface area contributed by atoms with Gasteiger partial charge >= 0.3 is 0 Å². The molecule has 0 aromatic heterocycles. The maximum atomic E-state index is 11.9. The van der Waals surface area contributed by atoms with E-state index in [1.54, 1.807) is 24.3 Å². The zero-order valence-electron chi connectivity index (χ0n) is 11.4. The van der Waals surface area contributed by atoms with Gasteiger partial charge in [0.15, 0.2) is 0 Å². The van der Waals surface area contributed by atoms with Gasteiger partial charge in [-0.3, -0.25) is 4.18 Å². The SMILES string of the molecule is Cc1ccc(S(=O)(=O)OCCCC(C)(C)SS)cc1. The first-order valence-corrected chi connectivity index (χ1v) is 9.33. The van der Waals surface area contributed by atoms with Gasteiger partial charge in [-0.15, -0.1) is 11.7 Å². The van der Waals surface area contributed by atoms with E-state index < -0.39 is 10.1 Å². The smallest absolute Gasteiger partial charge is 0.266 e. The summed E-state index contributed by atoms with van der Waals surface area (Å²) in [6.45, 7) is 6.25. The normalized spacial score (nSPS) is 12.6. The Bertz CT molecular complexity index is 492. The largest absolute Gasteiger partial charge is 0.296 e. The van der Waals surface area contributed by atoms with E-state index in [1.807, 2.05) is 6.92 Å². The lowest BCUT2D eigenvalue weighted by atomic mass is 10.1. The molecule has 0 saturated heterocycles. The molecule has 0 saturated carbocycles. The van der Waals surface area contributed by atoms with Crippen molar-refractivity contribution in [3.05, 3.63) is 29.8 Å². The fraction of sp³-hybridized carbons (Fsp3) is 0.538. The summed E-state index contributed by atoms with van der Waals surface area (Å²) in [7, 11) is -2.15. The Kier molecular flexibility index (Phi) is 6.23. The first-order valence-electron chi connectivity index (χ1n) is 6.05. The van der Waals surface area contributed by atoms with Crippen molar-refractivity contribution in [1.29, 1.82) is 0 Å². The van der Waals surface area contributed by atoms with E-state index in [0.717, 1.165) is 12.0 Å². The van der Waals surface area contributed by atoms with Crippen molar-refractivity contribution in [3.8, 4) is 0 Å². The molecule has 0 aliphatic rings. The van der Waals surface area contributed by atoms with Crippen LogP contribution in [-0.4, -0.2) is 19.8 Å². The zero-order valence-corrected chi connectivity index (χ0v) is 13.9. The molecule has 0 heterocycles. The van der Waals surface area contributed by atoms with Crippen LogP contribution >= 0.6 is 22.5 Å². The predicted octanol–water partition coefficient (Wildman–Crippen LogP) is 3.84. The van der Waals surface area contributed by atoms with E-state index in [4.69, 9.17) is 4.18 Å². The third kappa shape index (κ3) is 5.77. The summed E-state index contributed by atoms with van der Waals surface area (Å²) in [5, 5.41) is 0. The van der Waals surface area contributed by atoms with Crippen molar-refractivity contribution >= 4 is 32.6 Å². The number of benzene rings is 1. The molecule has 0 radical (unpaired) electrons. The van der Waals surface area contributed by atoms with Gasteiger partial charge in [0.05, 0.1) is 11.5 Å². The van der Waals surface area contributed by atoms with Gasteiger partial charge in [-0.05, 0) is 45.7 Å². The topological polar surface area (TPSA) is 43.4 Å². The molecule has 108 valence electrons. The average molecular weight is 321 g/mol. The van der Waals surface area contributed by atoms with E-state index in [0.29, 0.717) is 6.42 Å². The third-order valence-electron chi connectivity index (χ3n) is 2.72. The Balaban J connectivity index is 2.50. The molecule has 6 heteroatoms. The van der Waals surface area contributed by atoms with Crippen molar-refractivity contribution in [1.82, 2.24) is 0 Å². The quantitative estimate of drug-likeness (QED) is 0.359. The van der Waals surface area contributed by atoms with Crippen LogP contribution in [0.15, 0.2) is 29.2 Å². The molecule has 0 spiro atoms. The molecule has 3 nitrogen and oxygen atoms in total. The summed E-state index contributed by atoms with van der Waals surface area (Å²) in [6.07, 6.45) is 1.54. The molecule has 1 rings (SSSR count). The van der Waals surface area contributed by atoms with Crippen LogP contribution in [0.5, 0.6) is 0 Å². The lowest BCUT2D eigenvalue weighted by Gasteiger charge is -2.20. The minimum atomic E-state index is -3.63. The van der Waals surface area contributed by atoms with Crippen molar-refractivity contribution in [2.75, 3.05) is 6.61 Å². The molecular formula is C13H20O3S3. The van der Waals surface area contributed by atoms with Crippen LogP contribution in [0.3, 0.4) is 0 Å². The summed E-state index contributed by atoms with van der Waals surface area (Å²) >= 11 is 4.18. The van der Waals surface area contributed by atoms with Crippen LogP contribution < -0.4 is 0 Å². The number of hydrogen-bond acceptors (Lipinski definition) is 5. The van der Waals surface area contributed by atoms with Crippen molar-refractivity contribution in [2.45, 2.75) is 43.3 Å². The van der Waals surface area contributed by atoms with Gasteiger partial charge in [0.2, 0.25) is 0 Å². The van der Waals surface area contributed by atoms with Gasteiger partial charge in [0.1, 0.15) is 0 Å². The molecule has 0 bridgehead atoms. The van der Waals surface area contributed by atoms with Crippen molar-refractivity contribution in [2.24, 2.45) is 0 Å². The molecule has 0 fully saturated rings. The maximum Gasteiger partial charge on any atom is 0.296 e. The molecule has 0 unspecified atom stereocenters. The fourth-order valence-electron chi connectivity index (χ4n) is 1.49. The highest BCUT2D eigenvalue weighted by Gasteiger charge is 2.18. The molecule has 0 amide bonds. The second kappa shape index (κ2) is 7.02. The molecular weight excluding hydrogens is 300 g/mol. The van der Waals surface area contributed by atoms with Gasteiger partial charge in [-0.25, -0.2) is 0 Å². The summed E-state index contributed by atoms with van der Waals surface area (Å²) in [5.74, 6) is 0. The Hall–Kier alpha value is -0.170. The zero-order chi connectivity index (χ0) is 14.5. The average Bonchev–Trinajstić information content (AvgIpc) is 2.35. The van der Waals surface area contributed by atoms with Crippen LogP contribution in [0.25, 0.3) is 0 Å². The molecule has 19 heavy (non-hydrogen) atoms. The van der Waals surface area contributed by atoms with E-state index in [-0.39, 0.29) is 16.2 Å². The molecule has 0 aliphatic heterocycles. The van der Waals surface area contributed by atoms with Crippen LogP contribution in [0, 0.1) is 6.92 Å². The summed E-state index contributed by atoms with van der Waals surface area (Å²) in [6, 6.07) is 6.66. The fourth-order valence-corrected chi connectivity index (χ4v) is 2.94. The van der Waals surface area contributed by atoms with Crippen molar-refractivity contribution < 1.29 is 12.6 Å². The number of rotatable bonds is 7. The van der Waals surface area contributed by atoms with Gasteiger partial charge in [-0.2, -0.15) is 8.42 Å². The highest BCUT2D eigenvalue weighted by molar-refractivity contribution is 8.69. The number of hydrogen-bond donors (Lipinski definition) is 1. The van der Waals surface area contributed by atoms with Gasteiger partial charge in [0, 0.05) is 4.75 Å². The van der Waals surface area contributed by atoms with Crippen LogP contribution in [0.2, 0.25) is 0 Å². The van der Waals surface area contributed by atoms with Crippen LogP contribution in [-0.2, 0) is 14.3 Å². The Morgan fingerprint density at radius 2 is 1.84 bits per heavy atom. The Morgan fingerprint density at radius 3 is 2.37 bits per heavy atom. The number of thiol groups is 1. The summed E-state index contributed by atoms with van der Waals surface area (Å²) in [4.78, 5) is 0.209. The van der Waals surface area contributed by atoms with Gasteiger partial charge in [-0.1, -0.05) is 28.5 Å². The molecule has 1 aromatic carbocycles. The van der Waals surface area contributed by atoms with E-state index in [9.17, 15) is 8.42 Å². The monoisotopic (exact) mass is 320 g/mol.